The standard InChI is InChI=1S/C10H13N3O2/c1-15-10(14)8-3-5-13(6-8)9-2-4-11-7-12-9/h2,4,7-8H,3,5-6H2,1H3. The van der Waals surface area contributed by atoms with Gasteiger partial charge in [0.05, 0.1) is 13.0 Å². The minimum atomic E-state index is -0.133. The summed E-state index contributed by atoms with van der Waals surface area (Å²) < 4.78 is 4.72. The average Bonchev–Trinajstić information content (AvgIpc) is 2.78. The van der Waals surface area contributed by atoms with Crippen LogP contribution < -0.4 is 4.90 Å². The SMILES string of the molecule is COC(=O)C1CCN(c2ccncn2)C1. The Kier molecular flexibility index (Phi) is 2.80. The molecule has 1 aromatic rings. The molecule has 1 fully saturated rings. The lowest BCUT2D eigenvalue weighted by atomic mass is 10.1. The van der Waals surface area contributed by atoms with Crippen LogP contribution in [0.25, 0.3) is 0 Å². The Bertz CT molecular complexity index is 342. The van der Waals surface area contributed by atoms with Gasteiger partial charge in [0.15, 0.2) is 0 Å². The van der Waals surface area contributed by atoms with E-state index in [-0.39, 0.29) is 11.9 Å². The number of carbonyl (C=O) groups excluding carboxylic acids is 1. The zero-order chi connectivity index (χ0) is 10.7. The van der Waals surface area contributed by atoms with E-state index in [9.17, 15) is 4.79 Å². The van der Waals surface area contributed by atoms with Crippen LogP contribution in [0.5, 0.6) is 0 Å². The summed E-state index contributed by atoms with van der Waals surface area (Å²) in [7, 11) is 1.43. The van der Waals surface area contributed by atoms with E-state index in [1.165, 1.54) is 13.4 Å². The number of rotatable bonds is 2. The van der Waals surface area contributed by atoms with Crippen molar-refractivity contribution in [2.45, 2.75) is 6.42 Å². The lowest BCUT2D eigenvalue weighted by molar-refractivity contribution is -0.144. The molecule has 0 radical (unpaired) electrons. The quantitative estimate of drug-likeness (QED) is 0.660. The highest BCUT2D eigenvalue weighted by Gasteiger charge is 2.29. The van der Waals surface area contributed by atoms with Gasteiger partial charge in [-0.15, -0.1) is 0 Å². The summed E-state index contributed by atoms with van der Waals surface area (Å²) in [6.07, 6.45) is 4.05. The highest BCUT2D eigenvalue weighted by Crippen LogP contribution is 2.21. The largest absolute Gasteiger partial charge is 0.469 e. The summed E-state index contributed by atoms with van der Waals surface area (Å²) in [6.45, 7) is 1.53. The molecule has 0 aliphatic carbocycles. The fraction of sp³-hybridized carbons (Fsp3) is 0.500. The molecule has 1 aromatic heterocycles. The van der Waals surface area contributed by atoms with Gasteiger partial charge in [-0.3, -0.25) is 4.79 Å². The molecular formula is C10H13N3O2. The van der Waals surface area contributed by atoms with Gasteiger partial charge in [-0.2, -0.15) is 0 Å². The smallest absolute Gasteiger partial charge is 0.310 e. The maximum atomic E-state index is 11.3. The molecule has 0 amide bonds. The monoisotopic (exact) mass is 207 g/mol. The Hall–Kier alpha value is -1.65. The van der Waals surface area contributed by atoms with Gasteiger partial charge in [-0.1, -0.05) is 0 Å². The van der Waals surface area contributed by atoms with Crippen LogP contribution in [0.2, 0.25) is 0 Å². The molecule has 1 saturated heterocycles. The third-order valence-corrected chi connectivity index (χ3v) is 2.61. The first-order chi connectivity index (χ1) is 7.31. The van der Waals surface area contributed by atoms with E-state index in [4.69, 9.17) is 4.74 Å². The molecule has 1 aliphatic rings. The lowest BCUT2D eigenvalue weighted by Crippen LogP contribution is -2.24. The van der Waals surface area contributed by atoms with Crippen molar-refractivity contribution in [1.29, 1.82) is 0 Å². The summed E-state index contributed by atoms with van der Waals surface area (Å²) in [5, 5.41) is 0. The Morgan fingerprint density at radius 1 is 1.67 bits per heavy atom. The van der Waals surface area contributed by atoms with E-state index in [1.807, 2.05) is 6.07 Å². The fourth-order valence-electron chi connectivity index (χ4n) is 1.80. The predicted molar refractivity (Wildman–Crippen MR) is 54.4 cm³/mol. The number of esters is 1. The normalized spacial score (nSPS) is 20.3. The Morgan fingerprint density at radius 3 is 3.20 bits per heavy atom. The molecule has 2 heterocycles. The fourth-order valence-corrected chi connectivity index (χ4v) is 1.80. The van der Waals surface area contributed by atoms with Crippen LogP contribution >= 0.6 is 0 Å². The topological polar surface area (TPSA) is 55.3 Å². The van der Waals surface area contributed by atoms with E-state index in [0.29, 0.717) is 6.54 Å². The van der Waals surface area contributed by atoms with Crippen molar-refractivity contribution in [2.24, 2.45) is 5.92 Å². The van der Waals surface area contributed by atoms with Crippen molar-refractivity contribution >= 4 is 11.8 Å². The second-order valence-electron chi connectivity index (χ2n) is 3.52. The van der Waals surface area contributed by atoms with Crippen LogP contribution in [-0.2, 0) is 9.53 Å². The molecule has 0 spiro atoms. The molecule has 0 aromatic carbocycles. The van der Waals surface area contributed by atoms with Crippen LogP contribution in [0.4, 0.5) is 5.82 Å². The van der Waals surface area contributed by atoms with Crippen molar-refractivity contribution < 1.29 is 9.53 Å². The molecule has 0 saturated carbocycles. The van der Waals surface area contributed by atoms with E-state index in [2.05, 4.69) is 14.9 Å². The molecule has 80 valence electrons. The number of carbonyl (C=O) groups is 1. The summed E-state index contributed by atoms with van der Waals surface area (Å²) in [5.41, 5.74) is 0. The molecule has 1 aliphatic heterocycles. The first-order valence-corrected chi connectivity index (χ1v) is 4.90. The zero-order valence-electron chi connectivity index (χ0n) is 8.59. The molecule has 1 atom stereocenters. The molecule has 15 heavy (non-hydrogen) atoms. The van der Waals surface area contributed by atoms with E-state index >= 15 is 0 Å². The predicted octanol–water partition coefficient (Wildman–Crippen LogP) is 0.476. The first-order valence-electron chi connectivity index (χ1n) is 4.90. The van der Waals surface area contributed by atoms with Gasteiger partial charge in [0.1, 0.15) is 12.1 Å². The maximum absolute atomic E-state index is 11.3. The highest BCUT2D eigenvalue weighted by atomic mass is 16.5. The van der Waals surface area contributed by atoms with Crippen molar-refractivity contribution in [2.75, 3.05) is 25.1 Å². The number of aromatic nitrogens is 2. The van der Waals surface area contributed by atoms with Gasteiger partial charge in [-0.05, 0) is 12.5 Å². The zero-order valence-corrected chi connectivity index (χ0v) is 8.59. The summed E-state index contributed by atoms with van der Waals surface area (Å²) in [5.74, 6) is 0.716. The van der Waals surface area contributed by atoms with E-state index in [1.54, 1.807) is 6.20 Å². The average molecular weight is 207 g/mol. The molecule has 5 heteroatoms. The number of hydrogen-bond donors (Lipinski definition) is 0. The van der Waals surface area contributed by atoms with Crippen molar-refractivity contribution in [1.82, 2.24) is 9.97 Å². The molecule has 1 unspecified atom stereocenters. The van der Waals surface area contributed by atoms with Crippen LogP contribution in [-0.4, -0.2) is 36.1 Å². The van der Waals surface area contributed by atoms with Crippen LogP contribution in [0.15, 0.2) is 18.6 Å². The molecule has 5 nitrogen and oxygen atoms in total. The van der Waals surface area contributed by atoms with E-state index in [0.717, 1.165) is 18.8 Å². The summed E-state index contributed by atoms with van der Waals surface area (Å²) in [6, 6.07) is 1.85. The number of anilines is 1. The Labute approximate surface area is 88.1 Å². The van der Waals surface area contributed by atoms with Crippen LogP contribution in [0.1, 0.15) is 6.42 Å². The number of ether oxygens (including phenoxy) is 1. The Balaban J connectivity index is 2.02. The molecule has 0 bridgehead atoms. The number of hydrogen-bond acceptors (Lipinski definition) is 5. The Morgan fingerprint density at radius 2 is 2.53 bits per heavy atom. The van der Waals surface area contributed by atoms with Gasteiger partial charge < -0.3 is 9.64 Å². The van der Waals surface area contributed by atoms with Gasteiger partial charge in [0, 0.05) is 19.3 Å². The van der Waals surface area contributed by atoms with Crippen LogP contribution in [0.3, 0.4) is 0 Å². The highest BCUT2D eigenvalue weighted by molar-refractivity contribution is 5.73. The molecule has 0 N–H and O–H groups in total. The second kappa shape index (κ2) is 4.25. The van der Waals surface area contributed by atoms with Crippen molar-refractivity contribution in [3.05, 3.63) is 18.6 Å². The maximum Gasteiger partial charge on any atom is 0.310 e. The summed E-state index contributed by atoms with van der Waals surface area (Å²) >= 11 is 0. The van der Waals surface area contributed by atoms with Gasteiger partial charge in [0.25, 0.3) is 0 Å². The van der Waals surface area contributed by atoms with Gasteiger partial charge in [-0.25, -0.2) is 9.97 Å². The van der Waals surface area contributed by atoms with Crippen molar-refractivity contribution in [3.8, 4) is 0 Å². The third kappa shape index (κ3) is 2.06. The first kappa shape index (κ1) is 9.89. The summed E-state index contributed by atoms with van der Waals surface area (Å²) in [4.78, 5) is 21.4. The third-order valence-electron chi connectivity index (χ3n) is 2.61. The van der Waals surface area contributed by atoms with Crippen molar-refractivity contribution in [3.63, 3.8) is 0 Å². The van der Waals surface area contributed by atoms with Gasteiger partial charge >= 0.3 is 5.97 Å². The minimum Gasteiger partial charge on any atom is -0.469 e. The number of methoxy groups -OCH3 is 1. The number of nitrogens with zero attached hydrogens (tertiary/aromatic N) is 3. The molecular weight excluding hydrogens is 194 g/mol. The lowest BCUT2D eigenvalue weighted by Gasteiger charge is -2.16. The van der Waals surface area contributed by atoms with Gasteiger partial charge in [0.2, 0.25) is 0 Å². The molecule has 2 rings (SSSR count). The van der Waals surface area contributed by atoms with E-state index < -0.39 is 0 Å². The minimum absolute atomic E-state index is 0.0232. The van der Waals surface area contributed by atoms with Crippen LogP contribution in [0, 0.1) is 5.92 Å². The second-order valence-corrected chi connectivity index (χ2v) is 3.52.